The van der Waals surface area contributed by atoms with Gasteiger partial charge in [-0.2, -0.15) is 12.6 Å². The number of nitrogens with one attached hydrogen (secondary N) is 4. The number of aliphatic carboxylic acids is 2. The second kappa shape index (κ2) is 14.6. The van der Waals surface area contributed by atoms with E-state index in [9.17, 15) is 33.9 Å². The van der Waals surface area contributed by atoms with Crippen molar-refractivity contribution in [3.05, 3.63) is 18.2 Å². The molecule has 194 valence electrons. The first kappa shape index (κ1) is 29.4. The van der Waals surface area contributed by atoms with E-state index in [1.807, 2.05) is 0 Å². The summed E-state index contributed by atoms with van der Waals surface area (Å²) in [6.45, 7) is 0. The number of H-pyrrole nitrogens is 1. The van der Waals surface area contributed by atoms with Crippen molar-refractivity contribution in [2.75, 3.05) is 5.75 Å². The van der Waals surface area contributed by atoms with Crippen molar-refractivity contribution in [3.8, 4) is 0 Å². The van der Waals surface area contributed by atoms with Crippen LogP contribution in [0.15, 0.2) is 12.5 Å². The number of carboxylic acids is 2. The van der Waals surface area contributed by atoms with Gasteiger partial charge < -0.3 is 42.6 Å². The Bertz CT molecular complexity index is 911. The predicted octanol–water partition coefficient (Wildman–Crippen LogP) is -3.12. The lowest BCUT2D eigenvalue weighted by Crippen LogP contribution is -2.57. The van der Waals surface area contributed by atoms with Gasteiger partial charge in [0.2, 0.25) is 23.6 Å². The molecule has 15 nitrogen and oxygen atoms in total. The number of amides is 4. The van der Waals surface area contributed by atoms with Gasteiger partial charge in [0.25, 0.3) is 0 Å². The molecule has 1 aromatic heterocycles. The Morgan fingerprint density at radius 1 is 0.943 bits per heavy atom. The normalized spacial score (nSPS) is 14.1. The van der Waals surface area contributed by atoms with Crippen molar-refractivity contribution in [1.29, 1.82) is 0 Å². The molecule has 1 rings (SSSR count). The van der Waals surface area contributed by atoms with Crippen molar-refractivity contribution >= 4 is 48.2 Å². The van der Waals surface area contributed by atoms with Crippen LogP contribution in [0.3, 0.4) is 0 Å². The number of carbonyl (C=O) groups is 6. The van der Waals surface area contributed by atoms with Gasteiger partial charge in [-0.05, 0) is 12.8 Å². The van der Waals surface area contributed by atoms with E-state index >= 15 is 0 Å². The third kappa shape index (κ3) is 10.9. The van der Waals surface area contributed by atoms with Gasteiger partial charge in [-0.15, -0.1) is 0 Å². The number of nitrogens with two attached hydrogens (primary N) is 2. The highest BCUT2D eigenvalue weighted by molar-refractivity contribution is 7.80. The Morgan fingerprint density at radius 2 is 1.49 bits per heavy atom. The Morgan fingerprint density at radius 3 is 1.94 bits per heavy atom. The van der Waals surface area contributed by atoms with Crippen LogP contribution in [0.2, 0.25) is 0 Å². The van der Waals surface area contributed by atoms with Crippen molar-refractivity contribution in [2.24, 2.45) is 11.5 Å². The van der Waals surface area contributed by atoms with E-state index in [2.05, 4.69) is 38.5 Å². The molecule has 4 unspecified atom stereocenters. The van der Waals surface area contributed by atoms with E-state index in [-0.39, 0.29) is 31.4 Å². The molecule has 0 aliphatic heterocycles. The average molecular weight is 516 g/mol. The number of thiol groups is 1. The lowest BCUT2D eigenvalue weighted by molar-refractivity contribution is -0.142. The highest BCUT2D eigenvalue weighted by Gasteiger charge is 2.31. The summed E-state index contributed by atoms with van der Waals surface area (Å²) < 4.78 is 0. The van der Waals surface area contributed by atoms with Crippen LogP contribution in [0, 0.1) is 0 Å². The molecule has 0 aromatic carbocycles. The van der Waals surface area contributed by atoms with Gasteiger partial charge in [0.15, 0.2) is 0 Å². The van der Waals surface area contributed by atoms with Crippen LogP contribution >= 0.6 is 12.6 Å². The molecule has 0 spiro atoms. The first-order valence-corrected chi connectivity index (χ1v) is 11.1. The van der Waals surface area contributed by atoms with E-state index in [0.29, 0.717) is 5.69 Å². The maximum Gasteiger partial charge on any atom is 0.326 e. The smallest absolute Gasteiger partial charge is 0.326 e. The number of aromatic amines is 1. The van der Waals surface area contributed by atoms with Crippen LogP contribution in [0.1, 0.15) is 31.4 Å². The zero-order valence-corrected chi connectivity index (χ0v) is 19.5. The largest absolute Gasteiger partial charge is 0.481 e. The summed E-state index contributed by atoms with van der Waals surface area (Å²) >= 11 is 3.89. The molecule has 16 heteroatoms. The van der Waals surface area contributed by atoms with Gasteiger partial charge in [0, 0.05) is 36.9 Å². The predicted molar refractivity (Wildman–Crippen MR) is 123 cm³/mol. The molecule has 35 heavy (non-hydrogen) atoms. The summed E-state index contributed by atoms with van der Waals surface area (Å²) in [6.07, 6.45) is 1.14. The number of imidazole rings is 1. The summed E-state index contributed by atoms with van der Waals surface area (Å²) in [5, 5.41) is 25.3. The van der Waals surface area contributed by atoms with E-state index in [4.69, 9.17) is 16.6 Å². The highest BCUT2D eigenvalue weighted by atomic mass is 32.1. The monoisotopic (exact) mass is 515 g/mol. The Kier molecular flexibility index (Phi) is 12.2. The fourth-order valence-electron chi connectivity index (χ4n) is 2.81. The first-order valence-electron chi connectivity index (χ1n) is 10.4. The zero-order chi connectivity index (χ0) is 26.5. The third-order valence-corrected chi connectivity index (χ3v) is 5.11. The fourth-order valence-corrected chi connectivity index (χ4v) is 2.98. The van der Waals surface area contributed by atoms with Crippen LogP contribution in [-0.4, -0.2) is 85.7 Å². The molecule has 0 saturated heterocycles. The van der Waals surface area contributed by atoms with Gasteiger partial charge in [-0.25, -0.2) is 9.78 Å². The lowest BCUT2D eigenvalue weighted by atomic mass is 10.1. The second-order valence-electron chi connectivity index (χ2n) is 7.53. The molecule has 4 atom stereocenters. The molecule has 0 saturated carbocycles. The van der Waals surface area contributed by atoms with Gasteiger partial charge in [-0.3, -0.25) is 24.0 Å². The molecule has 0 aliphatic carbocycles. The number of carbonyl (C=O) groups excluding carboxylic acids is 4. The number of hydrogen-bond donors (Lipinski definition) is 9. The van der Waals surface area contributed by atoms with E-state index in [0.717, 1.165) is 0 Å². The summed E-state index contributed by atoms with van der Waals surface area (Å²) in [7, 11) is 0. The summed E-state index contributed by atoms with van der Waals surface area (Å²) in [5.74, 6) is -6.05. The fraction of sp³-hybridized carbons (Fsp3) is 0.526. The number of rotatable bonds is 16. The first-order chi connectivity index (χ1) is 16.4. The third-order valence-electron chi connectivity index (χ3n) is 4.72. The molecule has 0 bridgehead atoms. The Labute approximate surface area is 205 Å². The van der Waals surface area contributed by atoms with E-state index in [1.54, 1.807) is 0 Å². The zero-order valence-electron chi connectivity index (χ0n) is 18.6. The molecule has 10 N–H and O–H groups in total. The summed E-state index contributed by atoms with van der Waals surface area (Å²) in [6, 6.07) is -5.27. The van der Waals surface area contributed by atoms with Gasteiger partial charge >= 0.3 is 11.9 Å². The lowest BCUT2D eigenvalue weighted by Gasteiger charge is -2.24. The Hall–Kier alpha value is -3.66. The van der Waals surface area contributed by atoms with Gasteiger partial charge in [0.05, 0.1) is 12.4 Å². The number of primary amides is 1. The average Bonchev–Trinajstić information content (AvgIpc) is 3.30. The Balaban J connectivity index is 3.02. The number of nitrogens with zero attached hydrogens (tertiary/aromatic N) is 1. The standard InChI is InChI=1S/C19H29N7O8S/c20-10(7-35)16(30)24-12(2-4-15(28)29)17(31)25-11(1-3-14(21)27)18(32)26-13(19(33)34)5-9-6-22-8-23-9/h6,8,10-13,35H,1-5,7,20H2,(H2,21,27)(H,22,23)(H,24,30)(H,25,31)(H,26,32)(H,28,29)(H,33,34). The molecule has 4 amide bonds. The van der Waals surface area contributed by atoms with Crippen molar-refractivity contribution in [2.45, 2.75) is 56.3 Å². The summed E-state index contributed by atoms with van der Waals surface area (Å²) in [4.78, 5) is 78.1. The minimum Gasteiger partial charge on any atom is -0.481 e. The molecule has 1 aromatic rings. The quantitative estimate of drug-likeness (QED) is 0.1000. The topological polar surface area (TPSA) is 260 Å². The molecular weight excluding hydrogens is 486 g/mol. The SMILES string of the molecule is NC(=O)CCC(NC(=O)C(CCC(=O)O)NC(=O)C(N)CS)C(=O)NC(Cc1cnc[nH]1)C(=O)O. The van der Waals surface area contributed by atoms with Crippen molar-refractivity contribution < 1.29 is 39.0 Å². The van der Waals surface area contributed by atoms with E-state index < -0.39 is 66.2 Å². The number of aromatic nitrogens is 2. The van der Waals surface area contributed by atoms with Crippen molar-refractivity contribution in [1.82, 2.24) is 25.9 Å². The number of hydrogen-bond acceptors (Lipinski definition) is 9. The van der Waals surface area contributed by atoms with Crippen LogP contribution in [0.4, 0.5) is 0 Å². The minimum absolute atomic E-state index is 0.0460. The second-order valence-corrected chi connectivity index (χ2v) is 7.89. The summed E-state index contributed by atoms with van der Waals surface area (Å²) in [5.41, 5.74) is 11.1. The van der Waals surface area contributed by atoms with Crippen LogP contribution < -0.4 is 27.4 Å². The molecule has 0 aliphatic rings. The molecule has 1 heterocycles. The van der Waals surface area contributed by atoms with Crippen LogP contribution in [0.5, 0.6) is 0 Å². The molecular formula is C19H29N7O8S. The molecule has 0 radical (unpaired) electrons. The van der Waals surface area contributed by atoms with Crippen LogP contribution in [-0.2, 0) is 35.2 Å². The van der Waals surface area contributed by atoms with Crippen LogP contribution in [0.25, 0.3) is 0 Å². The van der Waals surface area contributed by atoms with E-state index in [1.165, 1.54) is 12.5 Å². The number of carboxylic acid groups (broad SMARTS) is 2. The molecule has 0 fully saturated rings. The van der Waals surface area contributed by atoms with Crippen molar-refractivity contribution in [3.63, 3.8) is 0 Å². The highest BCUT2D eigenvalue weighted by Crippen LogP contribution is 2.06. The van der Waals surface area contributed by atoms with Gasteiger partial charge in [0.1, 0.15) is 18.1 Å². The van der Waals surface area contributed by atoms with Gasteiger partial charge in [-0.1, -0.05) is 0 Å². The maximum absolute atomic E-state index is 12.8. The minimum atomic E-state index is -1.42. The maximum atomic E-state index is 12.8.